The molecule has 1 aliphatic heterocycles. The Hall–Kier alpha value is -2.93. The quantitative estimate of drug-likeness (QED) is 0.639. The number of ketones is 2. The number of methoxy groups -OCH3 is 2. The molecule has 1 aliphatic carbocycles. The molecule has 7 heteroatoms. The first-order valence-corrected chi connectivity index (χ1v) is 10.5. The highest BCUT2D eigenvalue weighted by atomic mass is 16.5. The van der Waals surface area contributed by atoms with Crippen LogP contribution in [0.25, 0.3) is 0 Å². The van der Waals surface area contributed by atoms with E-state index < -0.39 is 0 Å². The van der Waals surface area contributed by atoms with Crippen molar-refractivity contribution in [2.24, 2.45) is 0 Å². The van der Waals surface area contributed by atoms with E-state index in [2.05, 4.69) is 0 Å². The lowest BCUT2D eigenvalue weighted by atomic mass is 9.88. The van der Waals surface area contributed by atoms with Crippen LogP contribution in [0.15, 0.2) is 46.9 Å². The van der Waals surface area contributed by atoms with Crippen LogP contribution in [-0.2, 0) is 36.7 Å². The molecule has 0 unspecified atom stereocenters. The molecule has 0 bridgehead atoms. The molecule has 1 heterocycles. The number of carbonyl (C=O) groups excluding carboxylic acids is 3. The van der Waals surface area contributed by atoms with Gasteiger partial charge in [0.05, 0.1) is 26.9 Å². The highest BCUT2D eigenvalue weighted by Crippen LogP contribution is 2.28. The van der Waals surface area contributed by atoms with Gasteiger partial charge in [-0.05, 0) is 37.3 Å². The van der Waals surface area contributed by atoms with E-state index in [1.54, 1.807) is 11.8 Å². The standard InChI is InChI=1S/C24H29NO6/c1-15-19(22(29)24(31-3)23(30-2)21(15)28)13-17-8-6-16(7-9-17)10-11-20(27)25-12-4-5-18(25)14-26/h6-9,18,26H,4-5,10-14H2,1-3H3/t18-/m0/s1. The fourth-order valence-corrected chi connectivity index (χ4v) is 4.18. The predicted octanol–water partition coefficient (Wildman–Crippen LogP) is 2.12. The fraction of sp³-hybridized carbons (Fsp3) is 0.458. The van der Waals surface area contributed by atoms with Crippen molar-refractivity contribution in [3.63, 3.8) is 0 Å². The summed E-state index contributed by atoms with van der Waals surface area (Å²) in [5.74, 6) is -0.732. The van der Waals surface area contributed by atoms with Crippen LogP contribution in [0.4, 0.5) is 0 Å². The van der Waals surface area contributed by atoms with Crippen LogP contribution in [0, 0.1) is 0 Å². The summed E-state index contributed by atoms with van der Waals surface area (Å²) in [6, 6.07) is 7.65. The van der Waals surface area contributed by atoms with Crippen molar-refractivity contribution in [2.75, 3.05) is 27.4 Å². The number of aliphatic hydroxyl groups excluding tert-OH is 1. The van der Waals surface area contributed by atoms with Crippen LogP contribution < -0.4 is 0 Å². The van der Waals surface area contributed by atoms with Crippen molar-refractivity contribution in [3.05, 3.63) is 58.1 Å². The van der Waals surface area contributed by atoms with Crippen LogP contribution in [0.1, 0.15) is 37.3 Å². The van der Waals surface area contributed by atoms with Gasteiger partial charge in [0.25, 0.3) is 0 Å². The minimum Gasteiger partial charge on any atom is -0.489 e. The van der Waals surface area contributed by atoms with Crippen LogP contribution in [0.5, 0.6) is 0 Å². The highest BCUT2D eigenvalue weighted by Gasteiger charge is 2.34. The number of hydrogen-bond donors (Lipinski definition) is 1. The van der Waals surface area contributed by atoms with E-state index in [0.29, 0.717) is 37.0 Å². The van der Waals surface area contributed by atoms with Gasteiger partial charge in [-0.25, -0.2) is 0 Å². The Morgan fingerprint density at radius 3 is 2.29 bits per heavy atom. The highest BCUT2D eigenvalue weighted by molar-refractivity contribution is 6.23. The maximum atomic E-state index is 12.8. The second-order valence-electron chi connectivity index (χ2n) is 7.89. The Morgan fingerprint density at radius 2 is 1.68 bits per heavy atom. The topological polar surface area (TPSA) is 93.1 Å². The number of amides is 1. The van der Waals surface area contributed by atoms with E-state index in [0.717, 1.165) is 24.0 Å². The normalized spacial score (nSPS) is 19.4. The van der Waals surface area contributed by atoms with Gasteiger partial charge in [0, 0.05) is 30.5 Å². The lowest BCUT2D eigenvalue weighted by molar-refractivity contribution is -0.132. The summed E-state index contributed by atoms with van der Waals surface area (Å²) in [6.07, 6.45) is 3.12. The molecule has 1 amide bonds. The summed E-state index contributed by atoms with van der Waals surface area (Å²) in [5, 5.41) is 9.39. The van der Waals surface area contributed by atoms with E-state index in [4.69, 9.17) is 9.47 Å². The molecule has 1 aromatic carbocycles. The number of nitrogens with zero attached hydrogens (tertiary/aromatic N) is 1. The Kier molecular flexibility index (Phi) is 7.28. The van der Waals surface area contributed by atoms with Crippen molar-refractivity contribution in [3.8, 4) is 0 Å². The number of likely N-dealkylation sites (tertiary alicyclic amines) is 1. The molecule has 3 rings (SSSR count). The minimum absolute atomic E-state index is 0.0166. The molecular weight excluding hydrogens is 398 g/mol. The van der Waals surface area contributed by atoms with Gasteiger partial charge in [-0.15, -0.1) is 0 Å². The molecule has 1 atom stereocenters. The van der Waals surface area contributed by atoms with Crippen molar-refractivity contribution in [2.45, 2.75) is 45.1 Å². The molecule has 0 radical (unpaired) electrons. The number of ether oxygens (including phenoxy) is 2. The molecule has 2 aliphatic rings. The molecule has 0 aromatic heterocycles. The molecule has 31 heavy (non-hydrogen) atoms. The monoisotopic (exact) mass is 427 g/mol. The zero-order chi connectivity index (χ0) is 22.5. The number of benzene rings is 1. The zero-order valence-electron chi connectivity index (χ0n) is 18.3. The lowest BCUT2D eigenvalue weighted by Crippen LogP contribution is -2.37. The molecule has 1 saturated heterocycles. The third kappa shape index (κ3) is 4.71. The second kappa shape index (κ2) is 9.92. The number of aliphatic hydroxyl groups is 1. The van der Waals surface area contributed by atoms with Crippen molar-refractivity contribution < 1.29 is 29.0 Å². The Morgan fingerprint density at radius 1 is 1.06 bits per heavy atom. The minimum atomic E-state index is -0.341. The second-order valence-corrected chi connectivity index (χ2v) is 7.89. The molecule has 1 aromatic rings. The van der Waals surface area contributed by atoms with Gasteiger partial charge in [-0.3, -0.25) is 14.4 Å². The van der Waals surface area contributed by atoms with E-state index in [1.165, 1.54) is 14.2 Å². The average Bonchev–Trinajstić information content (AvgIpc) is 3.27. The van der Waals surface area contributed by atoms with Crippen molar-refractivity contribution in [1.29, 1.82) is 0 Å². The smallest absolute Gasteiger partial charge is 0.228 e. The summed E-state index contributed by atoms with van der Waals surface area (Å²) in [5.41, 5.74) is 2.67. The molecule has 1 fully saturated rings. The SMILES string of the molecule is COC1=C(OC)C(=O)C(Cc2ccc(CCC(=O)N3CCC[C@H]3CO)cc2)=C(C)C1=O. The first-order valence-electron chi connectivity index (χ1n) is 10.5. The first kappa shape index (κ1) is 22.7. The van der Waals surface area contributed by atoms with E-state index in [1.807, 2.05) is 24.3 Å². The first-order chi connectivity index (χ1) is 14.9. The van der Waals surface area contributed by atoms with Gasteiger partial charge in [-0.2, -0.15) is 0 Å². The lowest BCUT2D eigenvalue weighted by Gasteiger charge is -2.23. The fourth-order valence-electron chi connectivity index (χ4n) is 4.18. The largest absolute Gasteiger partial charge is 0.489 e. The summed E-state index contributed by atoms with van der Waals surface area (Å²) < 4.78 is 10.2. The molecule has 0 saturated carbocycles. The number of allylic oxidation sites excluding steroid dienone is 2. The number of aryl methyl sites for hydroxylation is 1. The van der Waals surface area contributed by atoms with Gasteiger partial charge in [0.1, 0.15) is 0 Å². The van der Waals surface area contributed by atoms with Gasteiger partial charge >= 0.3 is 0 Å². The third-order valence-electron chi connectivity index (χ3n) is 6.03. The van der Waals surface area contributed by atoms with Crippen LogP contribution in [0.2, 0.25) is 0 Å². The Bertz CT molecular complexity index is 928. The Balaban J connectivity index is 1.64. The molecule has 7 nitrogen and oxygen atoms in total. The van der Waals surface area contributed by atoms with E-state index >= 15 is 0 Å². The summed E-state index contributed by atoms with van der Waals surface area (Å²) in [6.45, 7) is 2.36. The number of Topliss-reactive ketones (excluding diaryl/α,β-unsaturated/α-hetero) is 2. The summed E-state index contributed by atoms with van der Waals surface area (Å²) >= 11 is 0. The maximum Gasteiger partial charge on any atom is 0.228 e. The molecule has 166 valence electrons. The Labute approximate surface area is 182 Å². The number of hydrogen-bond acceptors (Lipinski definition) is 6. The van der Waals surface area contributed by atoms with E-state index in [-0.39, 0.29) is 41.6 Å². The van der Waals surface area contributed by atoms with Crippen molar-refractivity contribution in [1.82, 2.24) is 4.90 Å². The maximum absolute atomic E-state index is 12.8. The number of rotatable bonds is 8. The predicted molar refractivity (Wildman–Crippen MR) is 114 cm³/mol. The van der Waals surface area contributed by atoms with Gasteiger partial charge in [0.2, 0.25) is 29.0 Å². The molecular formula is C24H29NO6. The van der Waals surface area contributed by atoms with E-state index in [9.17, 15) is 19.5 Å². The van der Waals surface area contributed by atoms with Gasteiger partial charge in [-0.1, -0.05) is 24.3 Å². The van der Waals surface area contributed by atoms with Crippen LogP contribution in [-0.4, -0.2) is 60.9 Å². The summed E-state index contributed by atoms with van der Waals surface area (Å²) in [7, 11) is 2.69. The molecule has 0 spiro atoms. The van der Waals surface area contributed by atoms with Gasteiger partial charge in [0.15, 0.2) is 0 Å². The van der Waals surface area contributed by atoms with Crippen LogP contribution in [0.3, 0.4) is 0 Å². The van der Waals surface area contributed by atoms with Crippen LogP contribution >= 0.6 is 0 Å². The van der Waals surface area contributed by atoms with Crippen molar-refractivity contribution >= 4 is 17.5 Å². The summed E-state index contributed by atoms with van der Waals surface area (Å²) in [4.78, 5) is 39.5. The average molecular weight is 427 g/mol. The number of carbonyl (C=O) groups is 3. The molecule has 1 N–H and O–H groups in total. The third-order valence-corrected chi connectivity index (χ3v) is 6.03. The van der Waals surface area contributed by atoms with Gasteiger partial charge < -0.3 is 19.5 Å². The zero-order valence-corrected chi connectivity index (χ0v) is 18.3.